The zero-order chi connectivity index (χ0) is 11.4. The fraction of sp³-hybridized carbons (Fsp3) is 0.308. The summed E-state index contributed by atoms with van der Waals surface area (Å²) in [5, 5.41) is 7.58. The van der Waals surface area contributed by atoms with Crippen molar-refractivity contribution in [2.24, 2.45) is 0 Å². The van der Waals surface area contributed by atoms with Gasteiger partial charge in [-0.05, 0) is 42.8 Å². The maximum Gasteiger partial charge on any atom is 0.0648 e. The number of aromatic nitrogens is 2. The summed E-state index contributed by atoms with van der Waals surface area (Å²) < 4.78 is 1.88. The number of nitrogens with one attached hydrogen (secondary N) is 1. The Bertz CT molecular complexity index is 446. The lowest BCUT2D eigenvalue weighted by atomic mass is 10.1. The van der Waals surface area contributed by atoms with Crippen LogP contribution in [0.1, 0.15) is 18.1 Å². The van der Waals surface area contributed by atoms with Crippen molar-refractivity contribution >= 4 is 0 Å². The predicted molar refractivity (Wildman–Crippen MR) is 65.7 cm³/mol. The minimum Gasteiger partial charge on any atom is -0.313 e. The largest absolute Gasteiger partial charge is 0.313 e. The minimum absolute atomic E-state index is 0.914. The van der Waals surface area contributed by atoms with Gasteiger partial charge in [-0.15, -0.1) is 0 Å². The van der Waals surface area contributed by atoms with Gasteiger partial charge in [0.05, 0.1) is 5.69 Å². The number of benzene rings is 1. The normalized spacial score (nSPS) is 10.6. The third-order valence-electron chi connectivity index (χ3n) is 2.67. The second-order valence-electron chi connectivity index (χ2n) is 3.84. The number of hydrogen-bond acceptors (Lipinski definition) is 2. The van der Waals surface area contributed by atoms with Gasteiger partial charge in [0.2, 0.25) is 0 Å². The molecule has 2 rings (SSSR count). The van der Waals surface area contributed by atoms with Crippen LogP contribution in [-0.2, 0) is 6.54 Å². The van der Waals surface area contributed by atoms with Gasteiger partial charge in [0.1, 0.15) is 0 Å². The molecule has 0 aliphatic rings. The topological polar surface area (TPSA) is 29.9 Å². The molecule has 0 unspecified atom stereocenters. The van der Waals surface area contributed by atoms with Crippen LogP contribution in [0.4, 0.5) is 0 Å². The molecule has 3 heteroatoms. The molecule has 0 bridgehead atoms. The molecule has 2 aromatic rings. The summed E-state index contributed by atoms with van der Waals surface area (Å²) in [6.07, 6.45) is 3.76. The first-order chi connectivity index (χ1) is 7.81. The van der Waals surface area contributed by atoms with Crippen LogP contribution in [-0.4, -0.2) is 16.3 Å². The average molecular weight is 215 g/mol. The highest BCUT2D eigenvalue weighted by Crippen LogP contribution is 2.14. The number of hydrogen-bond donors (Lipinski definition) is 1. The van der Waals surface area contributed by atoms with Gasteiger partial charge in [-0.25, -0.2) is 4.68 Å². The lowest BCUT2D eigenvalue weighted by Gasteiger charge is -2.09. The van der Waals surface area contributed by atoms with Crippen molar-refractivity contribution in [3.05, 3.63) is 47.8 Å². The Morgan fingerprint density at radius 2 is 2.25 bits per heavy atom. The van der Waals surface area contributed by atoms with E-state index in [1.165, 1.54) is 11.1 Å². The van der Waals surface area contributed by atoms with Crippen LogP contribution in [0.15, 0.2) is 36.7 Å². The molecule has 3 nitrogen and oxygen atoms in total. The molecule has 0 spiro atoms. The molecule has 0 saturated carbocycles. The zero-order valence-corrected chi connectivity index (χ0v) is 9.77. The van der Waals surface area contributed by atoms with Gasteiger partial charge in [0.25, 0.3) is 0 Å². The molecular formula is C13H17N3. The zero-order valence-electron chi connectivity index (χ0n) is 9.77. The van der Waals surface area contributed by atoms with Crippen molar-refractivity contribution in [3.63, 3.8) is 0 Å². The highest BCUT2D eigenvalue weighted by Gasteiger charge is 2.01. The van der Waals surface area contributed by atoms with E-state index in [9.17, 15) is 0 Å². The Morgan fingerprint density at radius 1 is 1.38 bits per heavy atom. The third-order valence-corrected chi connectivity index (χ3v) is 2.67. The summed E-state index contributed by atoms with van der Waals surface area (Å²) in [4.78, 5) is 0. The Morgan fingerprint density at radius 3 is 2.94 bits per heavy atom. The Kier molecular flexibility index (Phi) is 3.37. The van der Waals surface area contributed by atoms with Gasteiger partial charge in [-0.1, -0.05) is 13.0 Å². The average Bonchev–Trinajstić information content (AvgIpc) is 2.81. The van der Waals surface area contributed by atoms with Gasteiger partial charge in [0.15, 0.2) is 0 Å². The van der Waals surface area contributed by atoms with E-state index >= 15 is 0 Å². The van der Waals surface area contributed by atoms with E-state index in [1.54, 1.807) is 6.20 Å². The fourth-order valence-corrected chi connectivity index (χ4v) is 1.67. The molecule has 16 heavy (non-hydrogen) atoms. The highest BCUT2D eigenvalue weighted by molar-refractivity contribution is 5.39. The van der Waals surface area contributed by atoms with Crippen LogP contribution in [0.3, 0.4) is 0 Å². The van der Waals surface area contributed by atoms with Gasteiger partial charge < -0.3 is 5.32 Å². The van der Waals surface area contributed by atoms with Crippen LogP contribution in [0, 0.1) is 6.92 Å². The summed E-state index contributed by atoms with van der Waals surface area (Å²) in [6, 6.07) is 8.36. The molecule has 0 fully saturated rings. The Balaban J connectivity index is 2.28. The van der Waals surface area contributed by atoms with Crippen molar-refractivity contribution in [2.75, 3.05) is 6.54 Å². The van der Waals surface area contributed by atoms with Crippen molar-refractivity contribution in [2.45, 2.75) is 20.4 Å². The monoisotopic (exact) mass is 215 g/mol. The molecule has 0 amide bonds. The molecular weight excluding hydrogens is 198 g/mol. The molecule has 0 atom stereocenters. The second kappa shape index (κ2) is 4.94. The van der Waals surface area contributed by atoms with Crippen molar-refractivity contribution < 1.29 is 0 Å². The van der Waals surface area contributed by atoms with Crippen LogP contribution < -0.4 is 5.32 Å². The van der Waals surface area contributed by atoms with E-state index in [0.29, 0.717) is 0 Å². The number of rotatable bonds is 4. The summed E-state index contributed by atoms with van der Waals surface area (Å²) in [6.45, 7) is 6.16. The van der Waals surface area contributed by atoms with E-state index in [-0.39, 0.29) is 0 Å². The Hall–Kier alpha value is -1.61. The molecule has 0 saturated heterocycles. The fourth-order valence-electron chi connectivity index (χ4n) is 1.67. The van der Waals surface area contributed by atoms with Gasteiger partial charge in [-0.2, -0.15) is 5.10 Å². The molecule has 0 aliphatic carbocycles. The van der Waals surface area contributed by atoms with Gasteiger partial charge in [0, 0.05) is 18.9 Å². The smallest absolute Gasteiger partial charge is 0.0648 e. The maximum absolute atomic E-state index is 4.23. The number of nitrogens with zero attached hydrogens (tertiary/aromatic N) is 2. The van der Waals surface area contributed by atoms with Crippen molar-refractivity contribution in [1.82, 2.24) is 15.1 Å². The van der Waals surface area contributed by atoms with Crippen LogP contribution >= 0.6 is 0 Å². The first kappa shape index (κ1) is 10.9. The predicted octanol–water partition coefficient (Wildman–Crippen LogP) is 2.29. The molecule has 1 heterocycles. The van der Waals surface area contributed by atoms with E-state index in [0.717, 1.165) is 18.8 Å². The maximum atomic E-state index is 4.23. The quantitative estimate of drug-likeness (QED) is 0.848. The van der Waals surface area contributed by atoms with E-state index in [4.69, 9.17) is 0 Å². The Labute approximate surface area is 96.1 Å². The molecule has 0 aliphatic heterocycles. The van der Waals surface area contributed by atoms with Crippen LogP contribution in [0.25, 0.3) is 5.69 Å². The van der Waals surface area contributed by atoms with Crippen LogP contribution in [0.5, 0.6) is 0 Å². The van der Waals surface area contributed by atoms with Crippen LogP contribution in [0.2, 0.25) is 0 Å². The van der Waals surface area contributed by atoms with Gasteiger partial charge >= 0.3 is 0 Å². The number of aryl methyl sites for hydroxylation is 1. The lowest BCUT2D eigenvalue weighted by molar-refractivity contribution is 0.722. The lowest BCUT2D eigenvalue weighted by Crippen LogP contribution is -2.13. The summed E-state index contributed by atoms with van der Waals surface area (Å²) in [5.74, 6) is 0. The molecule has 1 aromatic heterocycles. The summed E-state index contributed by atoms with van der Waals surface area (Å²) in [5.41, 5.74) is 3.76. The standard InChI is InChI=1S/C13H17N3/c1-3-14-10-12-9-13(6-5-11(12)2)16-8-4-7-15-16/h4-9,14H,3,10H2,1-2H3. The summed E-state index contributed by atoms with van der Waals surface area (Å²) >= 11 is 0. The first-order valence-electron chi connectivity index (χ1n) is 5.61. The highest BCUT2D eigenvalue weighted by atomic mass is 15.3. The third kappa shape index (κ3) is 2.31. The molecule has 84 valence electrons. The first-order valence-corrected chi connectivity index (χ1v) is 5.61. The van der Waals surface area contributed by atoms with Crippen molar-refractivity contribution in [3.8, 4) is 5.69 Å². The molecule has 1 aromatic carbocycles. The molecule has 1 N–H and O–H groups in total. The summed E-state index contributed by atoms with van der Waals surface area (Å²) in [7, 11) is 0. The van der Waals surface area contributed by atoms with E-state index in [2.05, 4.69) is 42.5 Å². The van der Waals surface area contributed by atoms with E-state index < -0.39 is 0 Å². The van der Waals surface area contributed by atoms with Gasteiger partial charge in [-0.3, -0.25) is 0 Å². The SMILES string of the molecule is CCNCc1cc(-n2cccn2)ccc1C. The van der Waals surface area contributed by atoms with Crippen molar-refractivity contribution in [1.29, 1.82) is 0 Å². The van der Waals surface area contributed by atoms with E-state index in [1.807, 2.05) is 16.9 Å². The minimum atomic E-state index is 0.914. The second-order valence-corrected chi connectivity index (χ2v) is 3.84. The molecule has 0 radical (unpaired) electrons.